The third kappa shape index (κ3) is 5.28. The van der Waals surface area contributed by atoms with E-state index >= 15 is 0 Å². The standard InChI is InChI=1S/C39H43N/c1-4-10-33(11-5-1)36-28-35(29-37(40-36)34-12-6-2-7-13-34)31-16-14-30(15-17-31)32-18-22-39(23-19-32)26-24-38(25-27-39)20-8-3-9-21-38/h1-2,4-7,10-17,28-29,32H,3,8-9,18-27H2. The summed E-state index contributed by atoms with van der Waals surface area (Å²) in [6, 6.07) is 35.2. The largest absolute Gasteiger partial charge is 0.248 e. The highest BCUT2D eigenvalue weighted by Gasteiger charge is 2.44. The Morgan fingerprint density at radius 1 is 0.450 bits per heavy atom. The predicted octanol–water partition coefficient (Wildman–Crippen LogP) is 11.3. The molecule has 2 spiro atoms. The molecular weight excluding hydrogens is 482 g/mol. The lowest BCUT2D eigenvalue weighted by Crippen LogP contribution is -2.37. The van der Waals surface area contributed by atoms with Crippen molar-refractivity contribution in [3.63, 3.8) is 0 Å². The van der Waals surface area contributed by atoms with Crippen LogP contribution in [0.25, 0.3) is 33.6 Å². The van der Waals surface area contributed by atoms with Crippen LogP contribution in [0.5, 0.6) is 0 Å². The molecule has 0 radical (unpaired) electrons. The van der Waals surface area contributed by atoms with Gasteiger partial charge in [-0.05, 0) is 110 Å². The predicted molar refractivity (Wildman–Crippen MR) is 168 cm³/mol. The van der Waals surface area contributed by atoms with Crippen molar-refractivity contribution in [2.24, 2.45) is 10.8 Å². The summed E-state index contributed by atoms with van der Waals surface area (Å²) < 4.78 is 0. The minimum Gasteiger partial charge on any atom is -0.248 e. The second-order valence-corrected chi connectivity index (χ2v) is 13.3. The van der Waals surface area contributed by atoms with E-state index in [1.165, 1.54) is 94.6 Å². The SMILES string of the molecule is c1ccc(-c2cc(-c3ccc(C4CCC5(CC4)CCC4(CCCCC4)CC5)cc3)cc(-c3ccccc3)n2)cc1. The molecule has 0 saturated heterocycles. The first-order valence-corrected chi connectivity index (χ1v) is 15.9. The van der Waals surface area contributed by atoms with Gasteiger partial charge in [-0.25, -0.2) is 4.98 Å². The van der Waals surface area contributed by atoms with Gasteiger partial charge < -0.3 is 0 Å². The summed E-state index contributed by atoms with van der Waals surface area (Å²) >= 11 is 0. The van der Waals surface area contributed by atoms with Crippen LogP contribution in [0.15, 0.2) is 97.1 Å². The first kappa shape index (κ1) is 25.8. The van der Waals surface area contributed by atoms with Crippen LogP contribution in [-0.2, 0) is 0 Å². The second kappa shape index (κ2) is 11.0. The van der Waals surface area contributed by atoms with Crippen LogP contribution in [0.3, 0.4) is 0 Å². The normalized spacial score (nSPS) is 20.5. The molecule has 1 heteroatoms. The smallest absolute Gasteiger partial charge is 0.0715 e. The number of aromatic nitrogens is 1. The average Bonchev–Trinajstić information content (AvgIpc) is 3.04. The van der Waals surface area contributed by atoms with Gasteiger partial charge in [0.2, 0.25) is 0 Å². The van der Waals surface area contributed by atoms with E-state index in [1.807, 2.05) is 0 Å². The van der Waals surface area contributed by atoms with Crippen molar-refractivity contribution >= 4 is 0 Å². The molecule has 0 bridgehead atoms. The van der Waals surface area contributed by atoms with Gasteiger partial charge in [0.15, 0.2) is 0 Å². The number of hydrogen-bond donors (Lipinski definition) is 0. The van der Waals surface area contributed by atoms with Gasteiger partial charge in [0.25, 0.3) is 0 Å². The summed E-state index contributed by atoms with van der Waals surface area (Å²) in [6.45, 7) is 0. The van der Waals surface area contributed by atoms with Gasteiger partial charge in [-0.2, -0.15) is 0 Å². The highest BCUT2D eigenvalue weighted by molar-refractivity contribution is 5.76. The molecule has 1 aromatic heterocycles. The van der Waals surface area contributed by atoms with Gasteiger partial charge in [0, 0.05) is 11.1 Å². The van der Waals surface area contributed by atoms with Crippen LogP contribution in [0.2, 0.25) is 0 Å². The van der Waals surface area contributed by atoms with Gasteiger partial charge >= 0.3 is 0 Å². The monoisotopic (exact) mass is 525 g/mol. The van der Waals surface area contributed by atoms with E-state index < -0.39 is 0 Å². The molecule has 40 heavy (non-hydrogen) atoms. The van der Waals surface area contributed by atoms with Gasteiger partial charge in [-0.1, -0.05) is 104 Å². The average molecular weight is 526 g/mol. The summed E-state index contributed by atoms with van der Waals surface area (Å²) in [5.74, 6) is 0.724. The molecule has 1 heterocycles. The van der Waals surface area contributed by atoms with Crippen molar-refractivity contribution in [1.82, 2.24) is 4.98 Å². The lowest BCUT2D eigenvalue weighted by molar-refractivity contribution is 0.0196. The van der Waals surface area contributed by atoms with Crippen LogP contribution >= 0.6 is 0 Å². The Morgan fingerprint density at radius 3 is 1.48 bits per heavy atom. The molecular formula is C39H43N. The molecule has 3 aliphatic rings. The number of pyridine rings is 1. The fourth-order valence-electron chi connectivity index (χ4n) is 8.33. The molecule has 0 aliphatic heterocycles. The maximum atomic E-state index is 5.06. The van der Waals surface area contributed by atoms with Gasteiger partial charge in [0.1, 0.15) is 0 Å². The van der Waals surface area contributed by atoms with Crippen LogP contribution in [0.4, 0.5) is 0 Å². The maximum absolute atomic E-state index is 5.06. The molecule has 3 aromatic carbocycles. The number of hydrogen-bond acceptors (Lipinski definition) is 1. The lowest BCUT2D eigenvalue weighted by atomic mass is 9.55. The van der Waals surface area contributed by atoms with Crippen LogP contribution in [0, 0.1) is 10.8 Å². The lowest BCUT2D eigenvalue weighted by Gasteiger charge is -2.51. The van der Waals surface area contributed by atoms with Gasteiger partial charge in [-0.3, -0.25) is 0 Å². The van der Waals surface area contributed by atoms with E-state index in [0.29, 0.717) is 5.41 Å². The minimum absolute atomic E-state index is 0.665. The molecule has 3 aliphatic carbocycles. The van der Waals surface area contributed by atoms with E-state index in [2.05, 4.69) is 97.1 Å². The molecule has 0 atom stereocenters. The Labute approximate surface area is 241 Å². The van der Waals surface area contributed by atoms with E-state index in [-0.39, 0.29) is 0 Å². The van der Waals surface area contributed by atoms with Crippen LogP contribution < -0.4 is 0 Å². The summed E-state index contributed by atoms with van der Waals surface area (Å²) in [5, 5.41) is 0. The maximum Gasteiger partial charge on any atom is 0.0715 e. The van der Waals surface area contributed by atoms with Crippen molar-refractivity contribution in [2.75, 3.05) is 0 Å². The zero-order valence-corrected chi connectivity index (χ0v) is 24.0. The number of benzene rings is 3. The van der Waals surface area contributed by atoms with E-state index in [9.17, 15) is 0 Å². The Bertz CT molecular complexity index is 1340. The molecule has 0 amide bonds. The van der Waals surface area contributed by atoms with E-state index in [1.54, 1.807) is 5.56 Å². The summed E-state index contributed by atoms with van der Waals surface area (Å²) in [6.07, 6.45) is 19.2. The quantitative estimate of drug-likeness (QED) is 0.258. The third-order valence-electron chi connectivity index (χ3n) is 11.0. The molecule has 4 aromatic rings. The second-order valence-electron chi connectivity index (χ2n) is 13.3. The Morgan fingerprint density at radius 2 is 0.950 bits per heavy atom. The Kier molecular flexibility index (Phi) is 7.08. The third-order valence-corrected chi connectivity index (χ3v) is 11.0. The molecule has 3 fully saturated rings. The first-order chi connectivity index (χ1) is 19.7. The zero-order valence-electron chi connectivity index (χ0n) is 24.0. The van der Waals surface area contributed by atoms with Crippen LogP contribution in [0.1, 0.15) is 95.0 Å². The number of nitrogens with zero attached hydrogens (tertiary/aromatic N) is 1. The molecule has 204 valence electrons. The zero-order chi connectivity index (χ0) is 26.8. The highest BCUT2D eigenvalue weighted by atomic mass is 14.7. The molecule has 0 N–H and O–H groups in total. The van der Waals surface area contributed by atoms with Crippen molar-refractivity contribution < 1.29 is 0 Å². The van der Waals surface area contributed by atoms with E-state index in [0.717, 1.165) is 33.8 Å². The number of rotatable bonds is 4. The fourth-order valence-corrected chi connectivity index (χ4v) is 8.33. The molecule has 7 rings (SSSR count). The fraction of sp³-hybridized carbons (Fsp3) is 0.410. The molecule has 0 unspecified atom stereocenters. The summed E-state index contributed by atoms with van der Waals surface area (Å²) in [4.78, 5) is 5.06. The molecule has 1 nitrogen and oxygen atoms in total. The van der Waals surface area contributed by atoms with Gasteiger partial charge in [0.05, 0.1) is 11.4 Å². The van der Waals surface area contributed by atoms with Crippen molar-refractivity contribution in [2.45, 2.75) is 89.4 Å². The molecule has 3 saturated carbocycles. The van der Waals surface area contributed by atoms with Crippen LogP contribution in [-0.4, -0.2) is 4.98 Å². The minimum atomic E-state index is 0.665. The van der Waals surface area contributed by atoms with Gasteiger partial charge in [-0.15, -0.1) is 0 Å². The van der Waals surface area contributed by atoms with Crippen molar-refractivity contribution in [1.29, 1.82) is 0 Å². The Balaban J connectivity index is 1.08. The topological polar surface area (TPSA) is 12.9 Å². The Hall–Kier alpha value is -3.19. The summed E-state index contributed by atoms with van der Waals surface area (Å²) in [7, 11) is 0. The summed E-state index contributed by atoms with van der Waals surface area (Å²) in [5.41, 5.74) is 9.83. The van der Waals surface area contributed by atoms with E-state index in [4.69, 9.17) is 4.98 Å². The highest BCUT2D eigenvalue weighted by Crippen LogP contribution is 2.58. The first-order valence-electron chi connectivity index (χ1n) is 15.9. The van der Waals surface area contributed by atoms with Crippen molar-refractivity contribution in [3.05, 3.63) is 103 Å². The van der Waals surface area contributed by atoms with Crippen molar-refractivity contribution in [3.8, 4) is 33.6 Å².